The molecule has 1 aromatic rings. The van der Waals surface area contributed by atoms with Crippen molar-refractivity contribution in [3.8, 4) is 5.75 Å². The predicted molar refractivity (Wildman–Crippen MR) is 82.3 cm³/mol. The highest BCUT2D eigenvalue weighted by molar-refractivity contribution is 9.09. The number of hydrogen-bond acceptors (Lipinski definition) is 2. The minimum atomic E-state index is 0.568. The van der Waals surface area contributed by atoms with Gasteiger partial charge in [0.05, 0.1) is 6.61 Å². The molecule has 2 nitrogen and oxygen atoms in total. The molecule has 3 rings (SSSR count). The van der Waals surface area contributed by atoms with Gasteiger partial charge < -0.3 is 9.64 Å². The number of benzene rings is 1. The quantitative estimate of drug-likeness (QED) is 0.784. The van der Waals surface area contributed by atoms with Gasteiger partial charge in [-0.1, -0.05) is 34.1 Å². The van der Waals surface area contributed by atoms with Gasteiger partial charge in [0.2, 0.25) is 0 Å². The molecule has 2 unspecified atom stereocenters. The largest absolute Gasteiger partial charge is 0.493 e. The molecule has 0 aromatic heterocycles. The third-order valence-corrected chi connectivity index (χ3v) is 4.86. The highest BCUT2D eigenvalue weighted by Gasteiger charge is 2.27. The summed E-state index contributed by atoms with van der Waals surface area (Å²) in [6.45, 7) is 4.55. The Bertz CT molecular complexity index is 421. The molecule has 1 fully saturated rings. The standard InChI is InChI=1S/C16H22BrNO/c17-8-7-13-4-3-9-18(10-13)11-14-12-19-16-6-2-1-5-15(14)16/h1-2,5-6,13-14H,3-4,7-12H2. The summed E-state index contributed by atoms with van der Waals surface area (Å²) in [5.74, 6) is 2.55. The molecule has 2 aliphatic heterocycles. The first-order chi connectivity index (χ1) is 9.36. The van der Waals surface area contributed by atoms with Crippen LogP contribution in [-0.4, -0.2) is 36.5 Å². The first-order valence-corrected chi connectivity index (χ1v) is 8.49. The van der Waals surface area contributed by atoms with Crippen molar-refractivity contribution in [2.45, 2.75) is 25.2 Å². The number of para-hydroxylation sites is 1. The maximum Gasteiger partial charge on any atom is 0.122 e. The molecule has 0 spiro atoms. The molecule has 2 heterocycles. The van der Waals surface area contributed by atoms with E-state index in [1.807, 2.05) is 0 Å². The fourth-order valence-electron chi connectivity index (χ4n) is 3.40. The highest BCUT2D eigenvalue weighted by Crippen LogP contribution is 2.34. The first kappa shape index (κ1) is 13.4. The maximum atomic E-state index is 5.79. The zero-order valence-corrected chi connectivity index (χ0v) is 12.9. The second kappa shape index (κ2) is 6.27. The Morgan fingerprint density at radius 2 is 2.21 bits per heavy atom. The number of alkyl halides is 1. The lowest BCUT2D eigenvalue weighted by molar-refractivity contribution is 0.157. The van der Waals surface area contributed by atoms with E-state index in [2.05, 4.69) is 45.1 Å². The monoisotopic (exact) mass is 323 g/mol. The topological polar surface area (TPSA) is 12.5 Å². The maximum absolute atomic E-state index is 5.79. The van der Waals surface area contributed by atoms with Crippen LogP contribution in [0, 0.1) is 5.92 Å². The van der Waals surface area contributed by atoms with Gasteiger partial charge in [-0.15, -0.1) is 0 Å². The van der Waals surface area contributed by atoms with E-state index >= 15 is 0 Å². The lowest BCUT2D eigenvalue weighted by Crippen LogP contribution is -2.38. The second-order valence-corrected chi connectivity index (χ2v) is 6.58. The van der Waals surface area contributed by atoms with Crippen molar-refractivity contribution in [1.29, 1.82) is 0 Å². The Balaban J connectivity index is 1.60. The van der Waals surface area contributed by atoms with Crippen LogP contribution < -0.4 is 4.74 Å². The van der Waals surface area contributed by atoms with Crippen molar-refractivity contribution < 1.29 is 4.74 Å². The van der Waals surface area contributed by atoms with E-state index in [1.54, 1.807) is 0 Å². The minimum absolute atomic E-state index is 0.568. The Morgan fingerprint density at radius 3 is 3.11 bits per heavy atom. The Kier molecular flexibility index (Phi) is 4.44. The molecule has 3 heteroatoms. The summed E-state index contributed by atoms with van der Waals surface area (Å²) in [4.78, 5) is 2.65. The molecule has 2 aliphatic rings. The number of nitrogens with zero attached hydrogens (tertiary/aromatic N) is 1. The molecule has 2 atom stereocenters. The van der Waals surface area contributed by atoms with Gasteiger partial charge in [-0.05, 0) is 37.8 Å². The molecule has 0 aliphatic carbocycles. The van der Waals surface area contributed by atoms with Gasteiger partial charge in [-0.3, -0.25) is 0 Å². The zero-order chi connectivity index (χ0) is 13.1. The smallest absolute Gasteiger partial charge is 0.122 e. The Hall–Kier alpha value is -0.540. The molecule has 1 aromatic carbocycles. The van der Waals surface area contributed by atoms with Crippen molar-refractivity contribution in [2.75, 3.05) is 31.6 Å². The number of likely N-dealkylation sites (tertiary alicyclic amines) is 1. The summed E-state index contributed by atoms with van der Waals surface area (Å²) in [5.41, 5.74) is 1.41. The van der Waals surface area contributed by atoms with Gasteiger partial charge in [-0.2, -0.15) is 0 Å². The fourth-order valence-corrected chi connectivity index (χ4v) is 4.05. The lowest BCUT2D eigenvalue weighted by atomic mass is 9.93. The molecule has 0 amide bonds. The van der Waals surface area contributed by atoms with Gasteiger partial charge in [0.15, 0.2) is 0 Å². The van der Waals surface area contributed by atoms with Crippen LogP contribution in [-0.2, 0) is 0 Å². The van der Waals surface area contributed by atoms with Gasteiger partial charge in [-0.25, -0.2) is 0 Å². The molecule has 1 saturated heterocycles. The number of hydrogen-bond donors (Lipinski definition) is 0. The van der Waals surface area contributed by atoms with Gasteiger partial charge >= 0.3 is 0 Å². The SMILES string of the molecule is BrCCC1CCCN(CC2COc3ccccc32)C1. The third-order valence-electron chi connectivity index (χ3n) is 4.40. The molecular formula is C16H22BrNO. The molecule has 104 valence electrons. The average molecular weight is 324 g/mol. The molecule has 0 bridgehead atoms. The van der Waals surface area contributed by atoms with Crippen LogP contribution in [0.1, 0.15) is 30.7 Å². The van der Waals surface area contributed by atoms with Crippen LogP contribution in [0.15, 0.2) is 24.3 Å². The molecular weight excluding hydrogens is 302 g/mol. The van der Waals surface area contributed by atoms with Crippen molar-refractivity contribution in [3.63, 3.8) is 0 Å². The van der Waals surface area contributed by atoms with E-state index in [4.69, 9.17) is 4.74 Å². The first-order valence-electron chi connectivity index (χ1n) is 7.37. The fraction of sp³-hybridized carbons (Fsp3) is 0.625. The third kappa shape index (κ3) is 3.14. The molecule has 19 heavy (non-hydrogen) atoms. The van der Waals surface area contributed by atoms with Crippen LogP contribution >= 0.6 is 15.9 Å². The number of rotatable bonds is 4. The highest BCUT2D eigenvalue weighted by atomic mass is 79.9. The summed E-state index contributed by atoms with van der Waals surface area (Å²) >= 11 is 3.58. The summed E-state index contributed by atoms with van der Waals surface area (Å²) in [5, 5.41) is 1.14. The van der Waals surface area contributed by atoms with Crippen LogP contribution in [0.25, 0.3) is 0 Å². The number of fused-ring (bicyclic) bond motifs is 1. The van der Waals surface area contributed by atoms with E-state index < -0.39 is 0 Å². The Labute approximate surface area is 124 Å². The van der Waals surface area contributed by atoms with Crippen LogP contribution in [0.3, 0.4) is 0 Å². The van der Waals surface area contributed by atoms with Crippen LogP contribution in [0.4, 0.5) is 0 Å². The normalized spacial score (nSPS) is 27.0. The molecule has 0 radical (unpaired) electrons. The lowest BCUT2D eigenvalue weighted by Gasteiger charge is -2.33. The van der Waals surface area contributed by atoms with E-state index in [0.29, 0.717) is 5.92 Å². The zero-order valence-electron chi connectivity index (χ0n) is 11.4. The van der Waals surface area contributed by atoms with Crippen LogP contribution in [0.2, 0.25) is 0 Å². The summed E-state index contributed by atoms with van der Waals surface area (Å²) in [7, 11) is 0. The van der Waals surface area contributed by atoms with E-state index in [9.17, 15) is 0 Å². The summed E-state index contributed by atoms with van der Waals surface area (Å²) in [6.07, 6.45) is 4.07. The minimum Gasteiger partial charge on any atom is -0.493 e. The molecule has 0 saturated carbocycles. The van der Waals surface area contributed by atoms with Crippen molar-refractivity contribution in [2.24, 2.45) is 5.92 Å². The van der Waals surface area contributed by atoms with Gasteiger partial charge in [0.1, 0.15) is 5.75 Å². The van der Waals surface area contributed by atoms with E-state index in [1.165, 1.54) is 37.9 Å². The van der Waals surface area contributed by atoms with Gasteiger partial charge in [0.25, 0.3) is 0 Å². The Morgan fingerprint density at radius 1 is 1.32 bits per heavy atom. The summed E-state index contributed by atoms with van der Waals surface area (Å²) < 4.78 is 5.79. The van der Waals surface area contributed by atoms with E-state index in [-0.39, 0.29) is 0 Å². The average Bonchev–Trinajstić information content (AvgIpc) is 2.83. The van der Waals surface area contributed by atoms with Crippen molar-refractivity contribution in [1.82, 2.24) is 4.90 Å². The molecule has 0 N–H and O–H groups in total. The predicted octanol–water partition coefficient (Wildman–Crippen LogP) is 3.66. The van der Waals surface area contributed by atoms with Crippen LogP contribution in [0.5, 0.6) is 5.75 Å². The number of piperidine rings is 1. The van der Waals surface area contributed by atoms with E-state index in [0.717, 1.165) is 30.1 Å². The summed E-state index contributed by atoms with van der Waals surface area (Å²) in [6, 6.07) is 8.52. The second-order valence-electron chi connectivity index (χ2n) is 5.79. The van der Waals surface area contributed by atoms with Crippen molar-refractivity contribution >= 4 is 15.9 Å². The van der Waals surface area contributed by atoms with Crippen molar-refractivity contribution in [3.05, 3.63) is 29.8 Å². The number of ether oxygens (including phenoxy) is 1. The van der Waals surface area contributed by atoms with Gasteiger partial charge in [0, 0.05) is 29.9 Å². The number of halogens is 1.